The summed E-state index contributed by atoms with van der Waals surface area (Å²) in [6.45, 7) is 40.8. The maximum absolute atomic E-state index is 12.9. The molecule has 2 N–H and O–H groups in total. The van der Waals surface area contributed by atoms with Crippen LogP contribution < -0.4 is 33.2 Å². The molecule has 88 heavy (non-hydrogen) atoms. The number of aromatic nitrogens is 3. The van der Waals surface area contributed by atoms with Gasteiger partial charge in [-0.2, -0.15) is 0 Å². The molecule has 18 nitrogen and oxygen atoms in total. The molecule has 0 spiro atoms. The predicted molar refractivity (Wildman–Crippen MR) is 377 cm³/mol. The number of hydrogen-bond donors (Lipinski definition) is 2. The largest absolute Gasteiger partial charge is 0.504 e. The second kappa shape index (κ2) is 37.8. The zero-order valence-corrected chi connectivity index (χ0v) is 68.2. The van der Waals surface area contributed by atoms with Gasteiger partial charge in [0.2, 0.25) is 81.6 Å². The van der Waals surface area contributed by atoms with Gasteiger partial charge in [0.25, 0.3) is 0 Å². The number of rotatable bonds is 46. The van der Waals surface area contributed by atoms with Crippen LogP contribution in [-0.4, -0.2) is 180 Å². The van der Waals surface area contributed by atoms with E-state index in [0.717, 1.165) is 61.9 Å². The van der Waals surface area contributed by atoms with Gasteiger partial charge in [-0.3, -0.25) is 0 Å². The number of methoxy groups -OCH3 is 1. The van der Waals surface area contributed by atoms with Crippen LogP contribution in [0, 0.1) is 0 Å². The van der Waals surface area contributed by atoms with Crippen LogP contribution >= 0.6 is 0 Å². The average molecular weight is 1420 g/mol. The molecule has 0 aliphatic rings. The monoisotopic (exact) mass is 1420 g/mol. The highest BCUT2D eigenvalue weighted by Gasteiger charge is 2.32. The van der Waals surface area contributed by atoms with Crippen LogP contribution in [0.2, 0.25) is 154 Å². The lowest BCUT2D eigenvalue weighted by atomic mass is 10.1. The molecule has 486 valence electrons. The summed E-state index contributed by atoms with van der Waals surface area (Å²) in [5.41, 5.74) is 1.02. The topological polar surface area (TPSA) is 199 Å². The van der Waals surface area contributed by atoms with E-state index in [0.29, 0.717) is 121 Å². The smallest absolute Gasteiger partial charge is 0.211 e. The summed E-state index contributed by atoms with van der Waals surface area (Å²) in [5, 5.41) is 25.8. The van der Waals surface area contributed by atoms with Crippen molar-refractivity contribution in [3.63, 3.8) is 0 Å². The summed E-state index contributed by atoms with van der Waals surface area (Å²) in [6, 6.07) is 16.0. The third kappa shape index (κ3) is 26.7. The van der Waals surface area contributed by atoms with E-state index in [1.54, 1.807) is 19.2 Å². The molecule has 1 aromatic heterocycles. The highest BCUT2D eigenvalue weighted by molar-refractivity contribution is 6.77. The fourth-order valence-corrected chi connectivity index (χ4v) is 31.5. The third-order valence-electron chi connectivity index (χ3n) is 14.1. The fraction of sp³-hybridized carbons (Fsp3) is 0.638. The lowest BCUT2D eigenvalue weighted by molar-refractivity contribution is 0.235. The number of aromatic hydroxyl groups is 2. The molecule has 3 aromatic carbocycles. The molecular weight excluding hydrogens is 1320 g/mol. The van der Waals surface area contributed by atoms with E-state index in [2.05, 4.69) is 105 Å². The van der Waals surface area contributed by atoms with E-state index >= 15 is 0 Å². The first kappa shape index (κ1) is 77.7. The van der Waals surface area contributed by atoms with Crippen molar-refractivity contribution in [1.82, 2.24) is 15.0 Å². The van der Waals surface area contributed by atoms with Gasteiger partial charge in [0.1, 0.15) is 5.75 Å². The molecule has 4 rings (SSSR count). The minimum absolute atomic E-state index is 0.0793. The molecular formula is C58H101N3O15Si12. The molecule has 0 amide bonds. The van der Waals surface area contributed by atoms with Gasteiger partial charge in [0.15, 0.2) is 90.4 Å². The van der Waals surface area contributed by atoms with Crippen molar-refractivity contribution < 1.29 is 68.1 Å². The van der Waals surface area contributed by atoms with Crippen molar-refractivity contribution in [3.8, 4) is 85.9 Å². The van der Waals surface area contributed by atoms with Crippen LogP contribution in [0.1, 0.15) is 38.5 Å². The van der Waals surface area contributed by atoms with Crippen LogP contribution in [0.25, 0.3) is 34.2 Å². The molecule has 1 heterocycles. The van der Waals surface area contributed by atoms with Gasteiger partial charge in [0, 0.05) is 5.56 Å². The van der Waals surface area contributed by atoms with Gasteiger partial charge in [-0.05, 0) is 229 Å². The van der Waals surface area contributed by atoms with Crippen LogP contribution in [0.3, 0.4) is 0 Å². The first-order chi connectivity index (χ1) is 41.6. The molecule has 0 saturated heterocycles. The molecule has 0 saturated carbocycles. The summed E-state index contributed by atoms with van der Waals surface area (Å²) < 4.78 is 83.4. The van der Waals surface area contributed by atoms with E-state index in [1.165, 1.54) is 0 Å². The Morgan fingerprint density at radius 2 is 0.602 bits per heavy atom. The van der Waals surface area contributed by atoms with Gasteiger partial charge in [-0.25, -0.2) is 15.0 Å². The Kier molecular flexibility index (Phi) is 33.4. The zero-order valence-electron chi connectivity index (χ0n) is 56.2. The first-order valence-corrected chi connectivity index (χ1v) is 57.8. The Bertz CT molecular complexity index is 2570. The van der Waals surface area contributed by atoms with E-state index in [4.69, 9.17) is 72.8 Å². The Labute approximate surface area is 549 Å². The van der Waals surface area contributed by atoms with Crippen LogP contribution in [-0.2, 0) is 24.7 Å². The zero-order chi connectivity index (χ0) is 65.2. The molecule has 12 radical (unpaired) electrons. The van der Waals surface area contributed by atoms with Gasteiger partial charge in [0.05, 0.1) is 57.9 Å². The van der Waals surface area contributed by atoms with Crippen molar-refractivity contribution in [2.75, 3.05) is 46.8 Å². The number of ether oxygens (including phenoxy) is 7. The van der Waals surface area contributed by atoms with Gasteiger partial charge in [-0.1, -0.05) is 0 Å². The second-order valence-electron chi connectivity index (χ2n) is 25.0. The normalized spacial score (nSPS) is 12.6. The number of hydrogen-bond acceptors (Lipinski definition) is 18. The highest BCUT2D eigenvalue weighted by Crippen LogP contribution is 2.52. The third-order valence-corrected chi connectivity index (χ3v) is 41.6. The molecule has 0 bridgehead atoms. The number of benzene rings is 3. The minimum atomic E-state index is -1.99. The number of nitrogens with zero attached hydrogens (tertiary/aromatic N) is 3. The Hall–Kier alpha value is -2.77. The first-order valence-electron chi connectivity index (χ1n) is 30.7. The summed E-state index contributed by atoms with van der Waals surface area (Å²) >= 11 is 0. The Balaban J connectivity index is 2.09. The summed E-state index contributed by atoms with van der Waals surface area (Å²) in [4.78, 5) is 15.4. The van der Waals surface area contributed by atoms with E-state index in [1.807, 2.05) is 37.4 Å². The standard InChI is InChI=1S/C58H101N3O15Si12/c1-64-45-28-26-44(27-29-45)56-59-57(46-42-48(65-30-20-36-83(8,9)71-77-2)52(67-32-22-38-85(12,13)73-79-4)54(50(46)62)69-34-24-40-87(16,17)75-81-6)61-58(60-56)47-43-49(66-31-21-37-84(10,11)72-78-3)53(68-33-23-39-86(14,15)74-80-5)55(51(47)63)70-35-25-41-88(18,19)76-82-7/h26-29,42-43,62-63H,20-25,30-41H2,1-19H3. The van der Waals surface area contributed by atoms with E-state index in [-0.39, 0.29) is 76.3 Å². The molecule has 0 atom stereocenters. The van der Waals surface area contributed by atoms with E-state index < -0.39 is 49.9 Å². The molecule has 0 aliphatic carbocycles. The van der Waals surface area contributed by atoms with Gasteiger partial charge < -0.3 is 68.1 Å². The average Bonchev–Trinajstić information content (AvgIpc) is 1.59. The SMILES string of the molecule is COc1ccc(-c2nc(-c3cc(OCCC[Si](C)(C)O[Si]C)c(OCCC[Si](C)(C)O[Si]C)c(OCCC[Si](C)(C)O[Si]C)c3O)nc(-c3cc(OCCC[Si](C)(C)O[Si]C)c(OCCC[Si](C)(C)O[Si]C)c(OCCC[Si](C)(C)O[Si]C)c3O)n2)cc1. The number of phenols is 2. The summed E-state index contributed by atoms with van der Waals surface area (Å²) in [6.07, 6.45) is 4.23. The fourth-order valence-electron chi connectivity index (χ4n) is 9.81. The van der Waals surface area contributed by atoms with Crippen molar-refractivity contribution in [3.05, 3.63) is 36.4 Å². The molecule has 0 fully saturated rings. The van der Waals surface area contributed by atoms with E-state index in [9.17, 15) is 10.2 Å². The molecule has 30 heteroatoms. The van der Waals surface area contributed by atoms with Crippen LogP contribution in [0.4, 0.5) is 0 Å². The van der Waals surface area contributed by atoms with Crippen molar-refractivity contribution in [2.45, 2.75) is 193 Å². The Morgan fingerprint density at radius 3 is 0.864 bits per heavy atom. The van der Waals surface area contributed by atoms with Gasteiger partial charge in [-0.15, -0.1) is 0 Å². The van der Waals surface area contributed by atoms with Crippen LogP contribution in [0.15, 0.2) is 36.4 Å². The quantitative estimate of drug-likeness (QED) is 0.0312. The molecule has 0 unspecified atom stereocenters. The molecule has 0 aliphatic heterocycles. The predicted octanol–water partition coefficient (Wildman–Crippen LogP) is 14.2. The van der Waals surface area contributed by atoms with Gasteiger partial charge >= 0.3 is 0 Å². The molecule has 4 aromatic rings. The highest BCUT2D eigenvalue weighted by atomic mass is 28.4. The summed E-state index contributed by atoms with van der Waals surface area (Å²) in [5.74, 6) is 2.08. The minimum Gasteiger partial charge on any atom is -0.504 e. The van der Waals surface area contributed by atoms with Crippen LogP contribution in [0.5, 0.6) is 51.7 Å². The van der Waals surface area contributed by atoms with Crippen molar-refractivity contribution >= 4 is 108 Å². The van der Waals surface area contributed by atoms with Crippen molar-refractivity contribution in [2.24, 2.45) is 0 Å². The lowest BCUT2D eigenvalue weighted by Gasteiger charge is -2.25. The summed E-state index contributed by atoms with van der Waals surface area (Å²) in [7, 11) is -7.79. The number of phenolic OH excluding ortho intramolecular Hbond substituents is 2. The lowest BCUT2D eigenvalue weighted by Crippen LogP contribution is -2.31. The second-order valence-corrected chi connectivity index (χ2v) is 56.5. The maximum Gasteiger partial charge on any atom is 0.211 e. The van der Waals surface area contributed by atoms with Crippen molar-refractivity contribution in [1.29, 1.82) is 0 Å². The Morgan fingerprint density at radius 1 is 0.352 bits per heavy atom. The maximum atomic E-state index is 12.9.